The third kappa shape index (κ3) is 3.56. The van der Waals surface area contributed by atoms with Crippen molar-refractivity contribution < 1.29 is 0 Å². The van der Waals surface area contributed by atoms with Gasteiger partial charge in [0.1, 0.15) is 0 Å². The Hall–Kier alpha value is -0.380. The zero-order valence-electron chi connectivity index (χ0n) is 11.2. The maximum absolute atomic E-state index is 5.89. The van der Waals surface area contributed by atoms with Gasteiger partial charge >= 0.3 is 0 Å². The Morgan fingerprint density at radius 3 is 2.72 bits per heavy atom. The second-order valence-corrected chi connectivity index (χ2v) is 6.37. The van der Waals surface area contributed by atoms with E-state index in [1.807, 2.05) is 0 Å². The summed E-state index contributed by atoms with van der Waals surface area (Å²) in [5, 5.41) is 3.61. The number of aryl methyl sites for hydroxylation is 1. The molecule has 2 unspecified atom stereocenters. The van der Waals surface area contributed by atoms with Gasteiger partial charge in [0.15, 0.2) is 0 Å². The molecule has 1 saturated carbocycles. The highest BCUT2D eigenvalue weighted by molar-refractivity contribution is 9.10. The molecule has 0 amide bonds. The van der Waals surface area contributed by atoms with Gasteiger partial charge in [-0.05, 0) is 55.3 Å². The van der Waals surface area contributed by atoms with Crippen molar-refractivity contribution in [1.29, 1.82) is 0 Å². The number of halogens is 1. The van der Waals surface area contributed by atoms with Crippen molar-refractivity contribution >= 4 is 15.9 Å². The molecular weight excluding hydrogens is 288 g/mol. The van der Waals surface area contributed by atoms with Gasteiger partial charge in [-0.2, -0.15) is 0 Å². The summed E-state index contributed by atoms with van der Waals surface area (Å²) < 4.78 is 1.16. The van der Waals surface area contributed by atoms with Crippen molar-refractivity contribution in [3.8, 4) is 0 Å². The highest BCUT2D eigenvalue weighted by Crippen LogP contribution is 2.36. The summed E-state index contributed by atoms with van der Waals surface area (Å²) in [4.78, 5) is 0. The third-order valence-corrected chi connectivity index (χ3v) is 4.80. The van der Waals surface area contributed by atoms with Crippen LogP contribution in [0.1, 0.15) is 36.9 Å². The minimum absolute atomic E-state index is 0.267. The summed E-state index contributed by atoms with van der Waals surface area (Å²) in [5.41, 5.74) is 8.43. The molecule has 0 aliphatic heterocycles. The van der Waals surface area contributed by atoms with Crippen LogP contribution in [0.5, 0.6) is 0 Å². The fourth-order valence-corrected chi connectivity index (χ4v) is 2.72. The molecule has 0 radical (unpaired) electrons. The molecule has 18 heavy (non-hydrogen) atoms. The van der Waals surface area contributed by atoms with Gasteiger partial charge in [0, 0.05) is 17.1 Å². The van der Waals surface area contributed by atoms with E-state index in [-0.39, 0.29) is 6.04 Å². The summed E-state index contributed by atoms with van der Waals surface area (Å²) in [7, 11) is 0. The minimum atomic E-state index is 0.267. The first-order chi connectivity index (χ1) is 8.61. The Kier molecular flexibility index (Phi) is 4.82. The molecule has 0 spiro atoms. The van der Waals surface area contributed by atoms with Gasteiger partial charge in [-0.15, -0.1) is 0 Å². The minimum Gasteiger partial charge on any atom is -0.329 e. The number of rotatable bonds is 6. The van der Waals surface area contributed by atoms with Crippen LogP contribution in [0.25, 0.3) is 0 Å². The van der Waals surface area contributed by atoms with Gasteiger partial charge in [0.25, 0.3) is 0 Å². The van der Waals surface area contributed by atoms with E-state index in [9.17, 15) is 0 Å². The SMILES string of the molecule is Cc1ccc(C(CN)NCC(C)C2CC2)cc1Br. The lowest BCUT2D eigenvalue weighted by Crippen LogP contribution is -2.32. The number of hydrogen-bond donors (Lipinski definition) is 2. The average molecular weight is 311 g/mol. The molecule has 0 heterocycles. The molecule has 0 aromatic heterocycles. The summed E-state index contributed by atoms with van der Waals surface area (Å²) in [6.07, 6.45) is 2.82. The zero-order chi connectivity index (χ0) is 13.1. The van der Waals surface area contributed by atoms with E-state index < -0.39 is 0 Å². The number of nitrogens with one attached hydrogen (secondary N) is 1. The van der Waals surface area contributed by atoms with Crippen LogP contribution in [-0.2, 0) is 0 Å². The molecule has 2 atom stereocenters. The van der Waals surface area contributed by atoms with E-state index in [1.165, 1.54) is 24.0 Å². The van der Waals surface area contributed by atoms with E-state index >= 15 is 0 Å². The Balaban J connectivity index is 1.96. The quantitative estimate of drug-likeness (QED) is 0.845. The van der Waals surface area contributed by atoms with Gasteiger partial charge in [0.2, 0.25) is 0 Å². The van der Waals surface area contributed by atoms with Crippen LogP contribution in [0.15, 0.2) is 22.7 Å². The molecule has 2 rings (SSSR count). The number of hydrogen-bond acceptors (Lipinski definition) is 2. The maximum Gasteiger partial charge on any atom is 0.0445 e. The van der Waals surface area contributed by atoms with Gasteiger partial charge < -0.3 is 11.1 Å². The summed E-state index contributed by atoms with van der Waals surface area (Å²) in [6.45, 7) is 6.15. The van der Waals surface area contributed by atoms with Gasteiger partial charge in [0.05, 0.1) is 0 Å². The van der Waals surface area contributed by atoms with Gasteiger partial charge in [-0.3, -0.25) is 0 Å². The van der Waals surface area contributed by atoms with Crippen LogP contribution in [0.4, 0.5) is 0 Å². The van der Waals surface area contributed by atoms with E-state index in [1.54, 1.807) is 0 Å². The Labute approximate surface area is 118 Å². The van der Waals surface area contributed by atoms with Gasteiger partial charge in [-0.25, -0.2) is 0 Å². The third-order valence-electron chi connectivity index (χ3n) is 3.95. The predicted molar refractivity (Wildman–Crippen MR) is 80.6 cm³/mol. The molecule has 3 heteroatoms. The largest absolute Gasteiger partial charge is 0.329 e. The molecule has 1 aliphatic rings. The molecule has 0 saturated heterocycles. The van der Waals surface area contributed by atoms with Crippen LogP contribution >= 0.6 is 15.9 Å². The standard InChI is InChI=1S/C15H23BrN2/c1-10-3-4-13(7-14(10)16)15(8-17)18-9-11(2)12-5-6-12/h3-4,7,11-12,15,18H,5-6,8-9,17H2,1-2H3. The Morgan fingerprint density at radius 1 is 1.44 bits per heavy atom. The van der Waals surface area contributed by atoms with E-state index in [0.717, 1.165) is 22.9 Å². The van der Waals surface area contributed by atoms with Gasteiger partial charge in [-0.1, -0.05) is 35.0 Å². The smallest absolute Gasteiger partial charge is 0.0445 e. The van der Waals surface area contributed by atoms with Crippen molar-refractivity contribution in [2.45, 2.75) is 32.7 Å². The van der Waals surface area contributed by atoms with Crippen LogP contribution < -0.4 is 11.1 Å². The predicted octanol–water partition coefficient (Wildman–Crippen LogP) is 3.39. The van der Waals surface area contributed by atoms with Crippen LogP contribution in [-0.4, -0.2) is 13.1 Å². The maximum atomic E-state index is 5.89. The molecule has 100 valence electrons. The van der Waals surface area contributed by atoms with Crippen molar-refractivity contribution in [1.82, 2.24) is 5.32 Å². The monoisotopic (exact) mass is 310 g/mol. The summed E-state index contributed by atoms with van der Waals surface area (Å²) in [5.74, 6) is 1.72. The highest BCUT2D eigenvalue weighted by Gasteiger charge is 2.27. The van der Waals surface area contributed by atoms with Crippen molar-refractivity contribution in [2.75, 3.05) is 13.1 Å². The second-order valence-electron chi connectivity index (χ2n) is 5.52. The van der Waals surface area contributed by atoms with E-state index in [0.29, 0.717) is 6.54 Å². The fraction of sp³-hybridized carbons (Fsp3) is 0.600. The highest BCUT2D eigenvalue weighted by atomic mass is 79.9. The Morgan fingerprint density at radius 2 is 2.17 bits per heavy atom. The lowest BCUT2D eigenvalue weighted by Gasteiger charge is -2.20. The second kappa shape index (κ2) is 6.18. The zero-order valence-corrected chi connectivity index (χ0v) is 12.8. The molecular formula is C15H23BrN2. The summed E-state index contributed by atoms with van der Waals surface area (Å²) in [6, 6.07) is 6.77. The number of nitrogens with two attached hydrogens (primary N) is 1. The van der Waals surface area contributed by atoms with E-state index in [4.69, 9.17) is 5.73 Å². The molecule has 0 bridgehead atoms. The molecule has 2 nitrogen and oxygen atoms in total. The average Bonchev–Trinajstić information content (AvgIpc) is 3.18. The molecule has 1 fully saturated rings. The van der Waals surface area contributed by atoms with E-state index in [2.05, 4.69) is 53.3 Å². The molecule has 1 aromatic rings. The number of benzene rings is 1. The fourth-order valence-electron chi connectivity index (χ4n) is 2.32. The van der Waals surface area contributed by atoms with Crippen LogP contribution in [0.3, 0.4) is 0 Å². The molecule has 1 aromatic carbocycles. The Bertz CT molecular complexity index is 401. The first kappa shape index (κ1) is 14.0. The van der Waals surface area contributed by atoms with Crippen molar-refractivity contribution in [3.63, 3.8) is 0 Å². The lowest BCUT2D eigenvalue weighted by molar-refractivity contribution is 0.422. The normalized spacial score (nSPS) is 18.7. The lowest BCUT2D eigenvalue weighted by atomic mass is 10.0. The van der Waals surface area contributed by atoms with Crippen LogP contribution in [0, 0.1) is 18.8 Å². The topological polar surface area (TPSA) is 38.0 Å². The van der Waals surface area contributed by atoms with Crippen molar-refractivity contribution in [2.24, 2.45) is 17.6 Å². The van der Waals surface area contributed by atoms with Crippen molar-refractivity contribution in [3.05, 3.63) is 33.8 Å². The molecule has 1 aliphatic carbocycles. The van der Waals surface area contributed by atoms with Crippen LogP contribution in [0.2, 0.25) is 0 Å². The summed E-state index contributed by atoms with van der Waals surface area (Å²) >= 11 is 3.59. The first-order valence-electron chi connectivity index (χ1n) is 6.81. The molecule has 3 N–H and O–H groups in total. The first-order valence-corrected chi connectivity index (χ1v) is 7.60.